The molecule has 0 aromatic heterocycles. The molecule has 0 saturated heterocycles. The first-order valence-electron chi connectivity index (χ1n) is 4.32. The van der Waals surface area contributed by atoms with Crippen molar-refractivity contribution in [1.29, 1.82) is 0 Å². The molecule has 78 valence electrons. The highest BCUT2D eigenvalue weighted by Crippen LogP contribution is 2.25. The van der Waals surface area contributed by atoms with Crippen molar-refractivity contribution < 1.29 is 8.76 Å². The summed E-state index contributed by atoms with van der Waals surface area (Å²) in [7, 11) is 0. The van der Waals surface area contributed by atoms with Crippen molar-refractivity contribution in [2.45, 2.75) is 0 Å². The molecule has 0 heterocycles. The molecule has 5 heteroatoms. The SMILES string of the molecule is NN(c1cccc2ccccc12)S(=O)[O-]. The number of nitrogens with two attached hydrogens (primary N) is 1. The van der Waals surface area contributed by atoms with E-state index in [0.717, 1.165) is 15.2 Å². The lowest BCUT2D eigenvalue weighted by Crippen LogP contribution is -2.32. The molecule has 2 aromatic carbocycles. The fraction of sp³-hybridized carbons (Fsp3) is 0. The quantitative estimate of drug-likeness (QED) is 0.472. The highest BCUT2D eigenvalue weighted by Gasteiger charge is 2.05. The zero-order valence-corrected chi connectivity index (χ0v) is 8.61. The summed E-state index contributed by atoms with van der Waals surface area (Å²) < 4.78 is 22.2. The Hall–Kier alpha value is -1.43. The second-order valence-electron chi connectivity index (χ2n) is 3.04. The standard InChI is InChI=1S/C10H10N2O2S/c11-12(15(13)14)10-7-3-5-8-4-1-2-6-9(8)10/h1-7H,11H2,(H,13,14)/p-1. The normalized spacial score (nSPS) is 12.7. The maximum atomic E-state index is 10.7. The zero-order valence-electron chi connectivity index (χ0n) is 7.79. The first kappa shape index (κ1) is 10.1. The van der Waals surface area contributed by atoms with Crippen molar-refractivity contribution in [2.75, 3.05) is 4.41 Å². The lowest BCUT2D eigenvalue weighted by atomic mass is 10.1. The Balaban J connectivity index is 2.65. The van der Waals surface area contributed by atoms with Crippen LogP contribution in [-0.2, 0) is 11.3 Å². The van der Waals surface area contributed by atoms with Crippen LogP contribution in [-0.4, -0.2) is 8.76 Å². The number of nitrogens with zero attached hydrogens (tertiary/aromatic N) is 1. The molecule has 0 fully saturated rings. The molecule has 15 heavy (non-hydrogen) atoms. The van der Waals surface area contributed by atoms with Crippen LogP contribution in [0.3, 0.4) is 0 Å². The van der Waals surface area contributed by atoms with Crippen molar-refractivity contribution in [3.8, 4) is 0 Å². The van der Waals surface area contributed by atoms with Gasteiger partial charge in [-0.05, 0) is 11.5 Å². The van der Waals surface area contributed by atoms with Gasteiger partial charge in [0.15, 0.2) is 0 Å². The topological polar surface area (TPSA) is 69.4 Å². The molecule has 1 unspecified atom stereocenters. The van der Waals surface area contributed by atoms with Crippen LogP contribution in [0, 0.1) is 0 Å². The molecule has 0 aliphatic carbocycles. The van der Waals surface area contributed by atoms with E-state index in [4.69, 9.17) is 5.84 Å². The highest BCUT2D eigenvalue weighted by atomic mass is 32.2. The molecular weight excluding hydrogens is 212 g/mol. The second kappa shape index (κ2) is 3.98. The lowest BCUT2D eigenvalue weighted by Gasteiger charge is -2.21. The van der Waals surface area contributed by atoms with Gasteiger partial charge in [-0.2, -0.15) is 0 Å². The van der Waals surface area contributed by atoms with Crippen molar-refractivity contribution >= 4 is 27.7 Å². The predicted octanol–water partition coefficient (Wildman–Crippen LogP) is 1.31. The Morgan fingerprint density at radius 2 is 1.80 bits per heavy atom. The van der Waals surface area contributed by atoms with Gasteiger partial charge in [0, 0.05) is 5.39 Å². The van der Waals surface area contributed by atoms with Gasteiger partial charge in [-0.1, -0.05) is 36.4 Å². The third-order valence-corrected chi connectivity index (χ3v) is 2.68. The van der Waals surface area contributed by atoms with E-state index >= 15 is 0 Å². The van der Waals surface area contributed by atoms with Gasteiger partial charge in [-0.15, -0.1) is 0 Å². The molecule has 4 nitrogen and oxygen atoms in total. The third-order valence-electron chi connectivity index (χ3n) is 2.16. The van der Waals surface area contributed by atoms with Crippen LogP contribution < -0.4 is 10.3 Å². The van der Waals surface area contributed by atoms with E-state index in [-0.39, 0.29) is 0 Å². The zero-order chi connectivity index (χ0) is 10.8. The molecule has 0 bridgehead atoms. The molecule has 0 radical (unpaired) electrons. The van der Waals surface area contributed by atoms with Crippen molar-refractivity contribution in [1.82, 2.24) is 0 Å². The van der Waals surface area contributed by atoms with Crippen LogP contribution in [0.4, 0.5) is 5.69 Å². The summed E-state index contributed by atoms with van der Waals surface area (Å²) in [4.78, 5) is 0. The van der Waals surface area contributed by atoms with E-state index in [2.05, 4.69) is 0 Å². The van der Waals surface area contributed by atoms with Gasteiger partial charge in [0.05, 0.1) is 17.0 Å². The highest BCUT2D eigenvalue weighted by molar-refractivity contribution is 7.80. The van der Waals surface area contributed by atoms with Gasteiger partial charge in [-0.3, -0.25) is 4.21 Å². The number of hydrogen-bond acceptors (Lipinski definition) is 3. The molecule has 2 N–H and O–H groups in total. The Labute approximate surface area is 89.7 Å². The largest absolute Gasteiger partial charge is 0.754 e. The average molecular weight is 221 g/mol. The number of benzene rings is 2. The van der Waals surface area contributed by atoms with Gasteiger partial charge in [0.1, 0.15) is 0 Å². The molecule has 1 atom stereocenters. The Kier molecular flexibility index (Phi) is 2.68. The Bertz CT molecular complexity index is 510. The molecule has 0 amide bonds. The minimum Gasteiger partial charge on any atom is -0.754 e. The number of anilines is 1. The summed E-state index contributed by atoms with van der Waals surface area (Å²) in [5, 5.41) is 1.77. The first-order valence-corrected chi connectivity index (χ1v) is 5.35. The van der Waals surface area contributed by atoms with Crippen molar-refractivity contribution in [2.24, 2.45) is 5.84 Å². The van der Waals surface area contributed by atoms with Crippen molar-refractivity contribution in [3.05, 3.63) is 42.5 Å². The van der Waals surface area contributed by atoms with Crippen LogP contribution in [0.15, 0.2) is 42.5 Å². The minimum atomic E-state index is -2.46. The van der Waals surface area contributed by atoms with Crippen LogP contribution >= 0.6 is 0 Å². The number of hydrazine groups is 1. The molecule has 0 aliphatic heterocycles. The fourth-order valence-electron chi connectivity index (χ4n) is 1.48. The van der Waals surface area contributed by atoms with E-state index < -0.39 is 11.3 Å². The Morgan fingerprint density at radius 3 is 2.53 bits per heavy atom. The van der Waals surface area contributed by atoms with Crippen LogP contribution in [0.2, 0.25) is 0 Å². The molecule has 0 aliphatic rings. The maximum absolute atomic E-state index is 10.7. The lowest BCUT2D eigenvalue weighted by molar-refractivity contribution is 0.533. The average Bonchev–Trinajstić information content (AvgIpc) is 2.27. The molecule has 2 rings (SSSR count). The third kappa shape index (κ3) is 1.85. The fourth-order valence-corrected chi connectivity index (χ4v) is 1.80. The van der Waals surface area contributed by atoms with E-state index in [1.54, 1.807) is 12.1 Å². The number of rotatable bonds is 2. The summed E-state index contributed by atoms with van der Waals surface area (Å²) >= 11 is -2.46. The van der Waals surface area contributed by atoms with Gasteiger partial charge < -0.3 is 4.55 Å². The molecule has 0 saturated carbocycles. The predicted molar refractivity (Wildman–Crippen MR) is 59.5 cm³/mol. The second-order valence-corrected chi connectivity index (χ2v) is 3.87. The molecule has 0 spiro atoms. The maximum Gasteiger partial charge on any atom is 0.0737 e. The summed E-state index contributed by atoms with van der Waals surface area (Å²) in [6.07, 6.45) is 0. The van der Waals surface area contributed by atoms with Crippen molar-refractivity contribution in [3.63, 3.8) is 0 Å². The van der Waals surface area contributed by atoms with Crippen LogP contribution in [0.5, 0.6) is 0 Å². The smallest absolute Gasteiger partial charge is 0.0737 e. The van der Waals surface area contributed by atoms with Gasteiger partial charge in [-0.25, -0.2) is 10.3 Å². The summed E-state index contributed by atoms with van der Waals surface area (Å²) in [6, 6.07) is 12.8. The number of fused-ring (bicyclic) bond motifs is 1. The Morgan fingerprint density at radius 1 is 1.13 bits per heavy atom. The monoisotopic (exact) mass is 221 g/mol. The molecular formula is C10H9N2O2S-. The van der Waals surface area contributed by atoms with Gasteiger partial charge in [0.25, 0.3) is 0 Å². The summed E-state index contributed by atoms with van der Waals surface area (Å²) in [6.45, 7) is 0. The minimum absolute atomic E-state index is 0.474. The van der Waals surface area contributed by atoms with E-state index in [0.29, 0.717) is 5.69 Å². The van der Waals surface area contributed by atoms with Gasteiger partial charge in [0.2, 0.25) is 0 Å². The van der Waals surface area contributed by atoms with Crippen LogP contribution in [0.25, 0.3) is 10.8 Å². The summed E-state index contributed by atoms with van der Waals surface area (Å²) in [5.41, 5.74) is 0.474. The van der Waals surface area contributed by atoms with Crippen LogP contribution in [0.1, 0.15) is 0 Å². The molecule has 2 aromatic rings. The van der Waals surface area contributed by atoms with Gasteiger partial charge >= 0.3 is 0 Å². The van der Waals surface area contributed by atoms with E-state index in [1.807, 2.05) is 30.3 Å². The number of hydrogen-bond donors (Lipinski definition) is 1. The van der Waals surface area contributed by atoms with E-state index in [9.17, 15) is 8.76 Å². The first-order chi connectivity index (χ1) is 7.20. The van der Waals surface area contributed by atoms with E-state index in [1.165, 1.54) is 0 Å². The summed E-state index contributed by atoms with van der Waals surface area (Å²) in [5.74, 6) is 5.42.